The number of hydrogen-bond donors (Lipinski definition) is 1. The van der Waals surface area contributed by atoms with Crippen molar-refractivity contribution >= 4 is 5.78 Å². The van der Waals surface area contributed by atoms with Gasteiger partial charge in [0, 0.05) is 11.3 Å². The number of fused-ring (bicyclic) bond motifs is 3. The Morgan fingerprint density at radius 3 is 2.64 bits per heavy atom. The molecule has 0 aliphatic heterocycles. The molecule has 0 heterocycles. The van der Waals surface area contributed by atoms with E-state index in [9.17, 15) is 9.90 Å². The summed E-state index contributed by atoms with van der Waals surface area (Å²) in [6, 6.07) is 0. The van der Waals surface area contributed by atoms with E-state index in [1.165, 1.54) is 5.57 Å². The fourth-order valence-corrected chi connectivity index (χ4v) is 5.61. The topological polar surface area (TPSA) is 37.3 Å². The molecule has 22 heavy (non-hydrogen) atoms. The molecule has 0 amide bonds. The van der Waals surface area contributed by atoms with Gasteiger partial charge in [0.1, 0.15) is 0 Å². The van der Waals surface area contributed by atoms with Gasteiger partial charge in [-0.3, -0.25) is 4.79 Å². The molecule has 2 fully saturated rings. The minimum atomic E-state index is -0.278. The molecule has 0 aromatic carbocycles. The van der Waals surface area contributed by atoms with E-state index in [1.807, 2.05) is 6.08 Å². The first-order chi connectivity index (χ1) is 10.2. The summed E-state index contributed by atoms with van der Waals surface area (Å²) in [5.41, 5.74) is 1.30. The number of hydrogen-bond acceptors (Lipinski definition) is 2. The molecule has 0 radical (unpaired) electrons. The van der Waals surface area contributed by atoms with Crippen molar-refractivity contribution in [1.82, 2.24) is 0 Å². The SMILES string of the molecule is CC(C)C1(C)CC(O)C2C(CCC3=CC(=O)C=CC32C)C1C. The quantitative estimate of drug-likeness (QED) is 0.790. The maximum Gasteiger partial charge on any atom is 0.178 e. The molecular formula is C20H30O2. The average molecular weight is 302 g/mol. The fourth-order valence-electron chi connectivity index (χ4n) is 5.61. The van der Waals surface area contributed by atoms with Crippen LogP contribution in [0.4, 0.5) is 0 Å². The molecule has 3 aliphatic carbocycles. The van der Waals surface area contributed by atoms with Crippen LogP contribution in [0, 0.1) is 34.5 Å². The summed E-state index contributed by atoms with van der Waals surface area (Å²) < 4.78 is 0. The number of carbonyl (C=O) groups excluding carboxylic acids is 1. The monoisotopic (exact) mass is 302 g/mol. The van der Waals surface area contributed by atoms with Gasteiger partial charge in [-0.15, -0.1) is 0 Å². The first kappa shape index (κ1) is 16.0. The highest BCUT2D eigenvalue weighted by Crippen LogP contribution is 2.61. The summed E-state index contributed by atoms with van der Waals surface area (Å²) >= 11 is 0. The van der Waals surface area contributed by atoms with Crippen LogP contribution in [0.5, 0.6) is 0 Å². The minimum Gasteiger partial charge on any atom is -0.393 e. The highest BCUT2D eigenvalue weighted by Gasteiger charge is 2.57. The summed E-state index contributed by atoms with van der Waals surface area (Å²) in [6.07, 6.45) is 8.31. The summed E-state index contributed by atoms with van der Waals surface area (Å²) in [4.78, 5) is 11.7. The molecule has 0 saturated heterocycles. The predicted molar refractivity (Wildman–Crippen MR) is 89.3 cm³/mol. The van der Waals surface area contributed by atoms with Crippen molar-refractivity contribution in [2.24, 2.45) is 34.5 Å². The van der Waals surface area contributed by atoms with Crippen molar-refractivity contribution in [2.45, 2.75) is 60.0 Å². The molecule has 6 atom stereocenters. The molecule has 0 aromatic rings. The molecule has 6 unspecified atom stereocenters. The van der Waals surface area contributed by atoms with E-state index < -0.39 is 0 Å². The predicted octanol–water partition coefficient (Wildman–Crippen LogP) is 4.15. The van der Waals surface area contributed by atoms with Crippen molar-refractivity contribution < 1.29 is 9.90 Å². The second kappa shape index (κ2) is 5.06. The maximum absolute atomic E-state index is 11.7. The van der Waals surface area contributed by atoms with Crippen LogP contribution in [0.3, 0.4) is 0 Å². The van der Waals surface area contributed by atoms with Crippen LogP contribution in [0.25, 0.3) is 0 Å². The molecule has 2 heteroatoms. The van der Waals surface area contributed by atoms with Crippen LogP contribution < -0.4 is 0 Å². The Kier molecular flexibility index (Phi) is 3.67. The molecule has 2 nitrogen and oxygen atoms in total. The minimum absolute atomic E-state index is 0.108. The molecule has 1 N–H and O–H groups in total. The third-order valence-electron chi connectivity index (χ3n) is 7.57. The van der Waals surface area contributed by atoms with E-state index in [1.54, 1.807) is 6.08 Å². The summed E-state index contributed by atoms with van der Waals surface area (Å²) in [7, 11) is 0. The van der Waals surface area contributed by atoms with Crippen molar-refractivity contribution in [3.8, 4) is 0 Å². The largest absolute Gasteiger partial charge is 0.393 e. The van der Waals surface area contributed by atoms with Gasteiger partial charge in [-0.2, -0.15) is 0 Å². The zero-order chi connectivity index (χ0) is 16.3. The molecule has 3 aliphatic rings. The van der Waals surface area contributed by atoms with Crippen LogP contribution in [0.15, 0.2) is 23.8 Å². The lowest BCUT2D eigenvalue weighted by atomic mass is 9.46. The summed E-state index contributed by atoms with van der Waals surface area (Å²) in [6.45, 7) is 11.6. The Morgan fingerprint density at radius 1 is 1.32 bits per heavy atom. The van der Waals surface area contributed by atoms with Crippen LogP contribution in [-0.4, -0.2) is 17.0 Å². The van der Waals surface area contributed by atoms with Gasteiger partial charge in [-0.1, -0.05) is 46.3 Å². The van der Waals surface area contributed by atoms with Crippen molar-refractivity contribution in [3.63, 3.8) is 0 Å². The van der Waals surface area contributed by atoms with Crippen LogP contribution in [-0.2, 0) is 4.79 Å². The van der Waals surface area contributed by atoms with E-state index >= 15 is 0 Å². The summed E-state index contributed by atoms with van der Waals surface area (Å²) in [5.74, 6) is 2.07. The van der Waals surface area contributed by atoms with E-state index in [-0.39, 0.29) is 28.6 Å². The maximum atomic E-state index is 11.7. The van der Waals surface area contributed by atoms with Gasteiger partial charge >= 0.3 is 0 Å². The Bertz CT molecular complexity index is 544. The third-order valence-corrected chi connectivity index (χ3v) is 7.57. The molecule has 3 rings (SSSR count). The number of allylic oxidation sites excluding steroid dienone is 4. The van der Waals surface area contributed by atoms with Gasteiger partial charge in [-0.25, -0.2) is 0 Å². The van der Waals surface area contributed by atoms with Crippen LogP contribution in [0.2, 0.25) is 0 Å². The second-order valence-electron chi connectivity index (χ2n) is 8.64. The van der Waals surface area contributed by atoms with E-state index in [4.69, 9.17) is 0 Å². The first-order valence-electron chi connectivity index (χ1n) is 8.82. The van der Waals surface area contributed by atoms with E-state index in [2.05, 4.69) is 40.7 Å². The molecule has 2 saturated carbocycles. The zero-order valence-corrected chi connectivity index (χ0v) is 14.6. The smallest absolute Gasteiger partial charge is 0.178 e. The Hall–Kier alpha value is -0.890. The molecule has 0 spiro atoms. The zero-order valence-electron chi connectivity index (χ0n) is 14.6. The second-order valence-corrected chi connectivity index (χ2v) is 8.64. The van der Waals surface area contributed by atoms with Gasteiger partial charge in [0.2, 0.25) is 0 Å². The standard InChI is InChI=1S/C20H30O2/c1-12(2)20(5)11-17(22)18-16(13(20)3)7-6-14-10-15(21)8-9-19(14,18)4/h8-10,12-13,16-18,22H,6-7,11H2,1-5H3. The fraction of sp³-hybridized carbons (Fsp3) is 0.750. The molecular weight excluding hydrogens is 272 g/mol. The highest BCUT2D eigenvalue weighted by molar-refractivity contribution is 6.01. The van der Waals surface area contributed by atoms with E-state index in [0.717, 1.165) is 19.3 Å². The van der Waals surface area contributed by atoms with Crippen LogP contribution >= 0.6 is 0 Å². The van der Waals surface area contributed by atoms with Crippen molar-refractivity contribution in [2.75, 3.05) is 0 Å². The number of rotatable bonds is 1. The summed E-state index contributed by atoms with van der Waals surface area (Å²) in [5, 5.41) is 11.0. The number of carbonyl (C=O) groups is 1. The van der Waals surface area contributed by atoms with Gasteiger partial charge in [0.05, 0.1) is 6.10 Å². The lowest BCUT2D eigenvalue weighted by Crippen LogP contribution is -2.56. The Morgan fingerprint density at radius 2 is 2.00 bits per heavy atom. The van der Waals surface area contributed by atoms with Gasteiger partial charge in [0.15, 0.2) is 5.78 Å². The number of aliphatic hydroxyl groups excluding tert-OH is 1. The number of aliphatic hydroxyl groups is 1. The normalized spacial score (nSPS) is 48.0. The van der Waals surface area contributed by atoms with Crippen LogP contribution in [0.1, 0.15) is 53.9 Å². The molecule has 0 aromatic heterocycles. The molecule has 0 bridgehead atoms. The average Bonchev–Trinajstić information content (AvgIpc) is 2.44. The van der Waals surface area contributed by atoms with Gasteiger partial charge in [-0.05, 0) is 54.6 Å². The highest BCUT2D eigenvalue weighted by atomic mass is 16.3. The Labute approximate surface area is 134 Å². The van der Waals surface area contributed by atoms with Crippen molar-refractivity contribution in [3.05, 3.63) is 23.8 Å². The van der Waals surface area contributed by atoms with Crippen molar-refractivity contribution in [1.29, 1.82) is 0 Å². The number of ketones is 1. The van der Waals surface area contributed by atoms with Gasteiger partial charge in [0.25, 0.3) is 0 Å². The molecule has 122 valence electrons. The lowest BCUT2D eigenvalue weighted by molar-refractivity contribution is -0.126. The Balaban J connectivity index is 2.01. The first-order valence-corrected chi connectivity index (χ1v) is 8.82. The third kappa shape index (κ3) is 2.06. The van der Waals surface area contributed by atoms with Gasteiger partial charge < -0.3 is 5.11 Å². The lowest BCUT2D eigenvalue weighted by Gasteiger charge is -2.60. The van der Waals surface area contributed by atoms with E-state index in [0.29, 0.717) is 17.8 Å².